The van der Waals surface area contributed by atoms with Crippen LogP contribution in [0, 0.1) is 11.7 Å². The van der Waals surface area contributed by atoms with E-state index in [0.717, 1.165) is 16.7 Å². The van der Waals surface area contributed by atoms with Crippen molar-refractivity contribution < 1.29 is 4.79 Å². The van der Waals surface area contributed by atoms with Crippen molar-refractivity contribution in [2.75, 3.05) is 0 Å². The Balaban J connectivity index is 1.72. The summed E-state index contributed by atoms with van der Waals surface area (Å²) in [5.41, 5.74) is 3.05. The van der Waals surface area contributed by atoms with Crippen molar-refractivity contribution in [2.45, 2.75) is 20.0 Å². The van der Waals surface area contributed by atoms with Crippen molar-refractivity contribution in [3.63, 3.8) is 0 Å². The lowest BCUT2D eigenvalue weighted by Gasteiger charge is -2.09. The van der Waals surface area contributed by atoms with Gasteiger partial charge in [0.2, 0.25) is 5.91 Å². The smallest absolute Gasteiger partial charge is 0.240 e. The van der Waals surface area contributed by atoms with Gasteiger partial charge in [0.15, 0.2) is 10.6 Å². The number of hydrogen-bond acceptors (Lipinski definition) is 3. The normalized spacial score (nSPS) is 10.6. The highest BCUT2D eigenvalue weighted by atomic mass is 35.5. The van der Waals surface area contributed by atoms with E-state index in [1.807, 2.05) is 43.3 Å². The first-order chi connectivity index (χ1) is 12.0. The Hall–Kier alpha value is -2.44. The number of halogens is 1. The second-order valence-corrected chi connectivity index (χ2v) is 6.53. The Bertz CT molecular complexity index is 946. The molecule has 0 bridgehead atoms. The summed E-state index contributed by atoms with van der Waals surface area (Å²) in [7, 11) is 0. The lowest BCUT2D eigenvalue weighted by Crippen LogP contribution is -2.27. The highest BCUT2D eigenvalue weighted by Gasteiger charge is 2.12. The van der Waals surface area contributed by atoms with Crippen LogP contribution in [0.2, 0.25) is 5.02 Å². The highest BCUT2D eigenvalue weighted by molar-refractivity contribution is 7.71. The molecule has 2 N–H and O–H groups in total. The van der Waals surface area contributed by atoms with Crippen LogP contribution in [0.5, 0.6) is 0 Å². The number of aromatic nitrogens is 3. The Kier molecular flexibility index (Phi) is 5.31. The molecule has 0 saturated heterocycles. The van der Waals surface area contributed by atoms with E-state index in [0.29, 0.717) is 22.2 Å². The van der Waals surface area contributed by atoms with E-state index in [9.17, 15) is 4.79 Å². The number of nitrogens with one attached hydrogen (secondary N) is 2. The molecule has 0 spiro atoms. The van der Waals surface area contributed by atoms with Gasteiger partial charge < -0.3 is 5.32 Å². The van der Waals surface area contributed by atoms with Crippen LogP contribution in [-0.2, 0) is 17.9 Å². The summed E-state index contributed by atoms with van der Waals surface area (Å²) < 4.78 is 2.07. The van der Waals surface area contributed by atoms with E-state index in [2.05, 4.69) is 15.5 Å². The molecule has 0 aliphatic rings. The summed E-state index contributed by atoms with van der Waals surface area (Å²) in [5.74, 6) is 0.474. The lowest BCUT2D eigenvalue weighted by atomic mass is 10.1. The number of hydrogen-bond donors (Lipinski definition) is 2. The van der Waals surface area contributed by atoms with Gasteiger partial charge in [-0.3, -0.25) is 14.5 Å². The number of H-pyrrole nitrogens is 1. The van der Waals surface area contributed by atoms with Gasteiger partial charge in [0, 0.05) is 17.1 Å². The molecule has 1 heterocycles. The van der Waals surface area contributed by atoms with Gasteiger partial charge in [-0.15, -0.1) is 0 Å². The van der Waals surface area contributed by atoms with Gasteiger partial charge in [0.1, 0.15) is 6.54 Å². The summed E-state index contributed by atoms with van der Waals surface area (Å²) in [5, 5.41) is 10.5. The van der Waals surface area contributed by atoms with Crippen LogP contribution in [0.25, 0.3) is 11.4 Å². The Morgan fingerprint density at radius 3 is 2.76 bits per heavy atom. The molecule has 0 fully saturated rings. The predicted molar refractivity (Wildman–Crippen MR) is 101 cm³/mol. The second-order valence-electron chi connectivity index (χ2n) is 5.71. The number of amides is 1. The number of benzene rings is 2. The van der Waals surface area contributed by atoms with Crippen molar-refractivity contribution in [3.8, 4) is 11.4 Å². The maximum absolute atomic E-state index is 12.3. The van der Waals surface area contributed by atoms with Crippen LogP contribution in [0.3, 0.4) is 0 Å². The molecule has 0 aliphatic carbocycles. The first kappa shape index (κ1) is 17.4. The zero-order valence-electron chi connectivity index (χ0n) is 13.6. The molecular formula is C18H17ClN4OS. The lowest BCUT2D eigenvalue weighted by molar-refractivity contribution is -0.121. The number of rotatable bonds is 5. The van der Waals surface area contributed by atoms with E-state index in [-0.39, 0.29) is 12.5 Å². The van der Waals surface area contributed by atoms with Crippen LogP contribution in [0.1, 0.15) is 11.1 Å². The van der Waals surface area contributed by atoms with E-state index >= 15 is 0 Å². The fraction of sp³-hybridized carbons (Fsp3) is 0.167. The van der Waals surface area contributed by atoms with Crippen LogP contribution < -0.4 is 5.32 Å². The third-order valence-electron chi connectivity index (χ3n) is 3.73. The zero-order chi connectivity index (χ0) is 17.8. The summed E-state index contributed by atoms with van der Waals surface area (Å²) in [6.45, 7) is 2.59. The first-order valence-corrected chi connectivity index (χ1v) is 8.55. The minimum absolute atomic E-state index is 0.0963. The minimum Gasteiger partial charge on any atom is -0.350 e. The van der Waals surface area contributed by atoms with Gasteiger partial charge in [0.05, 0.1) is 0 Å². The quantitative estimate of drug-likeness (QED) is 0.668. The first-order valence-electron chi connectivity index (χ1n) is 7.76. The molecule has 5 nitrogen and oxygen atoms in total. The zero-order valence-corrected chi connectivity index (χ0v) is 15.2. The predicted octanol–water partition coefficient (Wildman–Crippen LogP) is 3.89. The van der Waals surface area contributed by atoms with E-state index in [4.69, 9.17) is 23.8 Å². The molecule has 3 aromatic rings. The minimum atomic E-state index is -0.130. The molecule has 0 aliphatic heterocycles. The number of carbonyl (C=O) groups excluding carboxylic acids is 1. The fourth-order valence-electron chi connectivity index (χ4n) is 2.51. The van der Waals surface area contributed by atoms with Gasteiger partial charge in [-0.05, 0) is 49.0 Å². The standard InChI is InChI=1S/C18H17ClN4OS/c1-12-3-2-4-13(9-12)10-20-16(24)11-23-17(21-22-18(23)25)14-5-7-15(19)8-6-14/h2-9H,10-11H2,1H3,(H,20,24)(H,22,25). The third-order valence-corrected chi connectivity index (χ3v) is 4.30. The van der Waals surface area contributed by atoms with Gasteiger partial charge in [0.25, 0.3) is 0 Å². The van der Waals surface area contributed by atoms with Crippen LogP contribution >= 0.6 is 23.8 Å². The van der Waals surface area contributed by atoms with E-state index in [1.54, 1.807) is 16.7 Å². The molecule has 0 saturated carbocycles. The Morgan fingerprint density at radius 2 is 2.04 bits per heavy atom. The Morgan fingerprint density at radius 1 is 1.28 bits per heavy atom. The molecular weight excluding hydrogens is 356 g/mol. The van der Waals surface area contributed by atoms with Crippen molar-refractivity contribution in [1.82, 2.24) is 20.1 Å². The maximum atomic E-state index is 12.3. The summed E-state index contributed by atoms with van der Waals surface area (Å²) in [4.78, 5) is 12.3. The number of nitrogens with zero attached hydrogens (tertiary/aromatic N) is 2. The van der Waals surface area contributed by atoms with Crippen LogP contribution in [0.15, 0.2) is 48.5 Å². The number of aryl methyl sites for hydroxylation is 1. The monoisotopic (exact) mass is 372 g/mol. The van der Waals surface area contributed by atoms with Gasteiger partial charge in [-0.1, -0.05) is 41.4 Å². The van der Waals surface area contributed by atoms with E-state index < -0.39 is 0 Å². The van der Waals surface area contributed by atoms with Gasteiger partial charge in [-0.2, -0.15) is 5.10 Å². The van der Waals surface area contributed by atoms with E-state index in [1.165, 1.54) is 0 Å². The number of aromatic amines is 1. The fourth-order valence-corrected chi connectivity index (χ4v) is 2.83. The van der Waals surface area contributed by atoms with Crippen molar-refractivity contribution in [3.05, 3.63) is 69.5 Å². The van der Waals surface area contributed by atoms with Crippen molar-refractivity contribution in [2.24, 2.45) is 0 Å². The SMILES string of the molecule is Cc1cccc(CNC(=O)Cn2c(-c3ccc(Cl)cc3)n[nH]c2=S)c1. The summed E-state index contributed by atoms with van der Waals surface area (Å²) >= 11 is 11.2. The number of carbonyl (C=O) groups is 1. The topological polar surface area (TPSA) is 62.7 Å². The average Bonchev–Trinajstić information content (AvgIpc) is 2.95. The molecule has 0 unspecified atom stereocenters. The van der Waals surface area contributed by atoms with Crippen LogP contribution in [0.4, 0.5) is 0 Å². The highest BCUT2D eigenvalue weighted by Crippen LogP contribution is 2.19. The molecule has 0 atom stereocenters. The average molecular weight is 373 g/mol. The molecule has 0 radical (unpaired) electrons. The molecule has 7 heteroatoms. The molecule has 1 amide bonds. The van der Waals surface area contributed by atoms with Gasteiger partial charge in [-0.25, -0.2) is 0 Å². The molecule has 1 aromatic heterocycles. The second kappa shape index (κ2) is 7.63. The van der Waals surface area contributed by atoms with Crippen molar-refractivity contribution in [1.29, 1.82) is 0 Å². The maximum Gasteiger partial charge on any atom is 0.240 e. The van der Waals surface area contributed by atoms with Crippen molar-refractivity contribution >= 4 is 29.7 Å². The third kappa shape index (κ3) is 4.35. The molecule has 3 rings (SSSR count). The Labute approximate surface area is 155 Å². The van der Waals surface area contributed by atoms with Crippen LogP contribution in [-0.4, -0.2) is 20.7 Å². The summed E-state index contributed by atoms with van der Waals surface area (Å²) in [6.07, 6.45) is 0. The summed E-state index contributed by atoms with van der Waals surface area (Å²) in [6, 6.07) is 15.3. The molecule has 2 aromatic carbocycles. The van der Waals surface area contributed by atoms with Gasteiger partial charge >= 0.3 is 0 Å². The molecule has 128 valence electrons. The molecule has 25 heavy (non-hydrogen) atoms. The largest absolute Gasteiger partial charge is 0.350 e.